The Morgan fingerprint density at radius 3 is 2.42 bits per heavy atom. The molecule has 0 saturated carbocycles. The molecular formula is C18H13N. The van der Waals surface area contributed by atoms with Gasteiger partial charge in [0.15, 0.2) is 0 Å². The van der Waals surface area contributed by atoms with Gasteiger partial charge < -0.3 is 0 Å². The topological polar surface area (TPSA) is 23.8 Å². The van der Waals surface area contributed by atoms with Gasteiger partial charge in [0.2, 0.25) is 0 Å². The highest BCUT2D eigenvalue weighted by molar-refractivity contribution is 6.06. The lowest BCUT2D eigenvalue weighted by Gasteiger charge is -2.06. The van der Waals surface area contributed by atoms with E-state index in [-0.39, 0.29) is 0 Å². The molecule has 0 radical (unpaired) electrons. The van der Waals surface area contributed by atoms with Gasteiger partial charge in [0.25, 0.3) is 0 Å². The summed E-state index contributed by atoms with van der Waals surface area (Å²) in [5, 5.41) is 9.44. The Morgan fingerprint density at radius 2 is 1.74 bits per heavy atom. The van der Waals surface area contributed by atoms with E-state index < -0.39 is 0 Å². The predicted molar refractivity (Wildman–Crippen MR) is 78.3 cm³/mol. The Balaban J connectivity index is 2.31. The zero-order valence-electron chi connectivity index (χ0n) is 10.8. The van der Waals surface area contributed by atoms with Gasteiger partial charge in [-0.3, -0.25) is 0 Å². The van der Waals surface area contributed by atoms with Crippen LogP contribution in [0.2, 0.25) is 0 Å². The fourth-order valence-electron chi connectivity index (χ4n) is 2.57. The number of benzene rings is 2. The van der Waals surface area contributed by atoms with E-state index in [0.717, 1.165) is 27.8 Å². The average molecular weight is 243 g/mol. The van der Waals surface area contributed by atoms with Crippen LogP contribution in [-0.4, -0.2) is 0 Å². The second kappa shape index (κ2) is 4.26. The lowest BCUT2D eigenvalue weighted by Crippen LogP contribution is -1.87. The zero-order valence-corrected chi connectivity index (χ0v) is 10.8. The Kier molecular flexibility index (Phi) is 2.58. The number of hydrogen-bond acceptors (Lipinski definition) is 1. The van der Waals surface area contributed by atoms with Crippen molar-refractivity contribution in [3.63, 3.8) is 0 Å². The summed E-state index contributed by atoms with van der Waals surface area (Å²) in [6.07, 6.45) is 0. The molecular weight excluding hydrogens is 230 g/mol. The maximum absolute atomic E-state index is 9.44. The summed E-state index contributed by atoms with van der Waals surface area (Å²) in [7, 11) is 0. The molecule has 0 spiro atoms. The van der Waals surface area contributed by atoms with Crippen LogP contribution in [-0.2, 0) is 0 Å². The molecule has 0 saturated heterocycles. The van der Waals surface area contributed by atoms with Crippen molar-refractivity contribution in [1.82, 2.24) is 0 Å². The van der Waals surface area contributed by atoms with Gasteiger partial charge in [0.1, 0.15) is 6.07 Å². The van der Waals surface area contributed by atoms with E-state index in [1.54, 1.807) is 0 Å². The van der Waals surface area contributed by atoms with Gasteiger partial charge in [-0.15, -0.1) is 0 Å². The molecule has 90 valence electrons. The molecule has 0 heterocycles. The zero-order chi connectivity index (χ0) is 13.4. The molecule has 0 aromatic heterocycles. The Morgan fingerprint density at radius 1 is 1.00 bits per heavy atom. The minimum absolute atomic E-state index is 0.687. The van der Waals surface area contributed by atoms with Crippen molar-refractivity contribution in [1.29, 1.82) is 5.26 Å². The van der Waals surface area contributed by atoms with Crippen LogP contribution in [0, 0.1) is 18.3 Å². The first-order valence-corrected chi connectivity index (χ1v) is 6.23. The van der Waals surface area contributed by atoms with Gasteiger partial charge in [0.05, 0.1) is 5.57 Å². The number of fused-ring (bicyclic) bond motifs is 1. The maximum atomic E-state index is 9.44. The first kappa shape index (κ1) is 11.5. The lowest BCUT2D eigenvalue weighted by atomic mass is 9.97. The number of hydrogen-bond donors (Lipinski definition) is 0. The summed E-state index contributed by atoms with van der Waals surface area (Å²) in [6.45, 7) is 6.14. The van der Waals surface area contributed by atoms with Crippen molar-refractivity contribution in [2.24, 2.45) is 0 Å². The van der Waals surface area contributed by atoms with Gasteiger partial charge in [0, 0.05) is 5.57 Å². The molecule has 0 fully saturated rings. The second-order valence-corrected chi connectivity index (χ2v) is 4.76. The van der Waals surface area contributed by atoms with Crippen LogP contribution in [0.15, 0.2) is 60.7 Å². The summed E-state index contributed by atoms with van der Waals surface area (Å²) in [5.74, 6) is 0. The third-order valence-corrected chi connectivity index (χ3v) is 3.50. The van der Waals surface area contributed by atoms with E-state index in [1.807, 2.05) is 30.3 Å². The molecule has 0 unspecified atom stereocenters. The Labute approximate surface area is 113 Å². The fraction of sp³-hybridized carbons (Fsp3) is 0.0556. The summed E-state index contributed by atoms with van der Waals surface area (Å²) >= 11 is 0. The second-order valence-electron chi connectivity index (χ2n) is 4.76. The molecule has 0 bridgehead atoms. The Bertz CT molecular complexity index is 743. The van der Waals surface area contributed by atoms with Crippen molar-refractivity contribution in [3.8, 4) is 6.07 Å². The molecule has 2 aromatic rings. The van der Waals surface area contributed by atoms with Gasteiger partial charge >= 0.3 is 0 Å². The Hall–Kier alpha value is -2.59. The largest absolute Gasteiger partial charge is 0.192 e. The molecule has 0 atom stereocenters. The van der Waals surface area contributed by atoms with Gasteiger partial charge in [-0.1, -0.05) is 60.7 Å². The van der Waals surface area contributed by atoms with Crippen LogP contribution in [0.25, 0.3) is 11.1 Å². The summed E-state index contributed by atoms with van der Waals surface area (Å²) in [6, 6.07) is 18.6. The number of aryl methyl sites for hydroxylation is 1. The van der Waals surface area contributed by atoms with E-state index in [0.29, 0.717) is 5.57 Å². The summed E-state index contributed by atoms with van der Waals surface area (Å²) in [5.41, 5.74) is 6.97. The van der Waals surface area contributed by atoms with E-state index in [4.69, 9.17) is 0 Å². The third-order valence-electron chi connectivity index (χ3n) is 3.50. The monoisotopic (exact) mass is 243 g/mol. The smallest absolute Gasteiger partial charge is 0.100 e. The van der Waals surface area contributed by atoms with E-state index in [2.05, 4.69) is 37.8 Å². The maximum Gasteiger partial charge on any atom is 0.100 e. The van der Waals surface area contributed by atoms with Crippen LogP contribution in [0.3, 0.4) is 0 Å². The minimum atomic E-state index is 0.687. The van der Waals surface area contributed by atoms with E-state index in [9.17, 15) is 5.26 Å². The highest BCUT2D eigenvalue weighted by Crippen LogP contribution is 2.43. The quantitative estimate of drug-likeness (QED) is 0.730. The third kappa shape index (κ3) is 1.70. The molecule has 3 rings (SSSR count). The highest BCUT2D eigenvalue weighted by atomic mass is 14.3. The highest BCUT2D eigenvalue weighted by Gasteiger charge is 2.25. The van der Waals surface area contributed by atoms with Crippen molar-refractivity contribution in [3.05, 3.63) is 82.9 Å². The number of nitrogens with zero attached hydrogens (tertiary/aromatic N) is 1. The number of allylic oxidation sites excluding steroid dienone is 2. The average Bonchev–Trinajstić information content (AvgIpc) is 2.72. The molecule has 1 heteroatoms. The predicted octanol–water partition coefficient (Wildman–Crippen LogP) is 4.35. The lowest BCUT2D eigenvalue weighted by molar-refractivity contribution is 1.44. The van der Waals surface area contributed by atoms with Crippen molar-refractivity contribution < 1.29 is 0 Å². The van der Waals surface area contributed by atoms with Crippen molar-refractivity contribution in [2.45, 2.75) is 6.92 Å². The van der Waals surface area contributed by atoms with Crippen LogP contribution >= 0.6 is 0 Å². The first-order valence-electron chi connectivity index (χ1n) is 6.23. The minimum Gasteiger partial charge on any atom is -0.192 e. The van der Waals surface area contributed by atoms with Crippen molar-refractivity contribution in [2.75, 3.05) is 0 Å². The van der Waals surface area contributed by atoms with Crippen molar-refractivity contribution >= 4 is 11.1 Å². The number of rotatable bonds is 1. The van der Waals surface area contributed by atoms with E-state index >= 15 is 0 Å². The summed E-state index contributed by atoms with van der Waals surface area (Å²) in [4.78, 5) is 0. The first-order chi connectivity index (χ1) is 9.22. The normalized spacial score (nSPS) is 13.4. The molecule has 1 aliphatic carbocycles. The molecule has 0 amide bonds. The fourth-order valence-corrected chi connectivity index (χ4v) is 2.57. The van der Waals surface area contributed by atoms with Gasteiger partial charge in [-0.25, -0.2) is 0 Å². The number of nitriles is 1. The molecule has 0 aliphatic heterocycles. The van der Waals surface area contributed by atoms with E-state index in [1.165, 1.54) is 5.56 Å². The molecule has 1 aliphatic rings. The van der Waals surface area contributed by atoms with Crippen LogP contribution in [0.4, 0.5) is 0 Å². The SMILES string of the molecule is C=C1C(C#N)=C(c2ccccc2)c2ccc(C)cc21. The standard InChI is InChI=1S/C18H13N/c1-12-8-9-15-16(10-12)13(2)17(11-19)18(15)14-6-4-3-5-7-14/h3-10H,2H2,1H3. The molecule has 0 N–H and O–H groups in total. The van der Waals surface area contributed by atoms with Crippen LogP contribution in [0.1, 0.15) is 22.3 Å². The van der Waals surface area contributed by atoms with Gasteiger partial charge in [-0.2, -0.15) is 5.26 Å². The van der Waals surface area contributed by atoms with Crippen LogP contribution in [0.5, 0.6) is 0 Å². The molecule has 19 heavy (non-hydrogen) atoms. The molecule has 1 nitrogen and oxygen atoms in total. The van der Waals surface area contributed by atoms with Gasteiger partial charge in [-0.05, 0) is 29.2 Å². The molecule has 2 aromatic carbocycles. The summed E-state index contributed by atoms with van der Waals surface area (Å²) < 4.78 is 0. The van der Waals surface area contributed by atoms with Crippen LogP contribution < -0.4 is 0 Å².